The smallest absolute Gasteiger partial charge is 0.156 e. The average molecular weight is 325 g/mol. The molecule has 0 atom stereocenters. The van der Waals surface area contributed by atoms with Crippen molar-refractivity contribution in [1.29, 1.82) is 0 Å². The molecule has 5 heteroatoms. The summed E-state index contributed by atoms with van der Waals surface area (Å²) >= 11 is 0. The molecule has 126 valence electrons. The first-order chi connectivity index (χ1) is 11.9. The predicted octanol–water partition coefficient (Wildman–Crippen LogP) is 2.99. The Morgan fingerprint density at radius 3 is 2.42 bits per heavy atom. The molecule has 0 unspecified atom stereocenters. The molecule has 2 aromatic heterocycles. The minimum absolute atomic E-state index is 0.520. The Bertz CT molecular complexity index is 783. The molecule has 0 amide bonds. The molecule has 5 nitrogen and oxygen atoms in total. The standard InChI is InChI=1S/C19H23N3O2/c1-2-16-19(15(1)13-3-7-23-8-4-13)22-12-17(21-18(22)11-20-16)14-5-9-24-10-6-14/h1,11-14H,2-10H2. The molecule has 3 aliphatic rings. The number of aromatic nitrogens is 3. The second kappa shape index (κ2) is 5.97. The van der Waals surface area contributed by atoms with Crippen molar-refractivity contribution in [3.05, 3.63) is 35.6 Å². The largest absolute Gasteiger partial charge is 0.381 e. The van der Waals surface area contributed by atoms with Gasteiger partial charge in [-0.25, -0.2) is 4.98 Å². The molecule has 0 saturated carbocycles. The van der Waals surface area contributed by atoms with E-state index < -0.39 is 0 Å². The van der Waals surface area contributed by atoms with Crippen molar-refractivity contribution < 1.29 is 9.47 Å². The molecule has 2 fully saturated rings. The minimum atomic E-state index is 0.520. The second-order valence-electron chi connectivity index (χ2n) is 7.08. The summed E-state index contributed by atoms with van der Waals surface area (Å²) in [6.07, 6.45) is 11.9. The maximum atomic E-state index is 5.54. The Labute approximate surface area is 141 Å². The monoisotopic (exact) mass is 325 g/mol. The van der Waals surface area contributed by atoms with Crippen LogP contribution in [-0.2, 0) is 15.9 Å². The van der Waals surface area contributed by atoms with Gasteiger partial charge in [0.15, 0.2) is 5.65 Å². The quantitative estimate of drug-likeness (QED) is 0.852. The summed E-state index contributed by atoms with van der Waals surface area (Å²) in [5.74, 6) is 1.12. The van der Waals surface area contributed by atoms with Crippen LogP contribution in [0.15, 0.2) is 18.5 Å². The van der Waals surface area contributed by atoms with E-state index >= 15 is 0 Å². The topological polar surface area (TPSA) is 48.7 Å². The number of nitrogens with zero attached hydrogens (tertiary/aromatic N) is 3. The van der Waals surface area contributed by atoms with E-state index in [9.17, 15) is 0 Å². The summed E-state index contributed by atoms with van der Waals surface area (Å²) < 4.78 is 13.3. The van der Waals surface area contributed by atoms with Crippen molar-refractivity contribution in [3.63, 3.8) is 0 Å². The third kappa shape index (κ3) is 2.38. The second-order valence-corrected chi connectivity index (χ2v) is 7.08. The lowest BCUT2D eigenvalue weighted by atomic mass is 9.90. The van der Waals surface area contributed by atoms with Crippen LogP contribution in [0.3, 0.4) is 0 Å². The fraction of sp³-hybridized carbons (Fsp3) is 0.579. The highest BCUT2D eigenvalue weighted by atomic mass is 16.5. The highest BCUT2D eigenvalue weighted by Crippen LogP contribution is 2.37. The van der Waals surface area contributed by atoms with E-state index in [-0.39, 0.29) is 0 Å². The number of hydrogen-bond acceptors (Lipinski definition) is 4. The van der Waals surface area contributed by atoms with E-state index in [0.29, 0.717) is 11.8 Å². The molecule has 2 aliphatic heterocycles. The Morgan fingerprint density at radius 1 is 0.958 bits per heavy atom. The van der Waals surface area contributed by atoms with Crippen LogP contribution >= 0.6 is 0 Å². The van der Waals surface area contributed by atoms with Crippen molar-refractivity contribution in [2.24, 2.45) is 5.92 Å². The third-order valence-corrected chi connectivity index (χ3v) is 5.69. The molecule has 2 aromatic rings. The van der Waals surface area contributed by atoms with E-state index in [4.69, 9.17) is 19.4 Å². The Balaban J connectivity index is 1.55. The van der Waals surface area contributed by atoms with Gasteiger partial charge in [-0.3, -0.25) is 9.38 Å². The fourth-order valence-electron chi connectivity index (χ4n) is 4.34. The van der Waals surface area contributed by atoms with Crippen LogP contribution in [0.5, 0.6) is 0 Å². The molecule has 0 N–H and O–H groups in total. The van der Waals surface area contributed by atoms with Crippen LogP contribution in [0.25, 0.3) is 11.2 Å². The van der Waals surface area contributed by atoms with Gasteiger partial charge in [-0.1, -0.05) is 6.08 Å². The number of rotatable bonds is 2. The normalized spacial score (nSPS) is 22.8. The molecule has 4 heterocycles. The van der Waals surface area contributed by atoms with E-state index in [1.165, 1.54) is 22.7 Å². The zero-order chi connectivity index (χ0) is 15.9. The van der Waals surface area contributed by atoms with Gasteiger partial charge in [0, 0.05) is 45.0 Å². The van der Waals surface area contributed by atoms with Crippen LogP contribution in [0, 0.1) is 5.92 Å². The van der Waals surface area contributed by atoms with Crippen molar-refractivity contribution in [1.82, 2.24) is 14.4 Å². The number of allylic oxidation sites excluding steroid dienone is 2. The van der Waals surface area contributed by atoms with Gasteiger partial charge in [0.25, 0.3) is 0 Å². The predicted molar refractivity (Wildman–Crippen MR) is 91.0 cm³/mol. The van der Waals surface area contributed by atoms with Crippen LogP contribution in [-0.4, -0.2) is 40.8 Å². The molecular weight excluding hydrogens is 302 g/mol. The first kappa shape index (κ1) is 14.6. The third-order valence-electron chi connectivity index (χ3n) is 5.69. The lowest BCUT2D eigenvalue weighted by molar-refractivity contribution is 0.0807. The lowest BCUT2D eigenvalue weighted by Gasteiger charge is -2.24. The molecular formula is C19H23N3O2. The highest BCUT2D eigenvalue weighted by molar-refractivity contribution is 5.73. The molecule has 24 heavy (non-hydrogen) atoms. The van der Waals surface area contributed by atoms with E-state index in [1.54, 1.807) is 0 Å². The van der Waals surface area contributed by atoms with Crippen LogP contribution in [0.1, 0.15) is 48.7 Å². The maximum Gasteiger partial charge on any atom is 0.156 e. The molecule has 0 spiro atoms. The molecule has 2 saturated heterocycles. The molecule has 0 aromatic carbocycles. The van der Waals surface area contributed by atoms with Crippen LogP contribution < -0.4 is 0 Å². The first-order valence-corrected chi connectivity index (χ1v) is 9.13. The lowest BCUT2D eigenvalue weighted by Crippen LogP contribution is -2.17. The van der Waals surface area contributed by atoms with E-state index in [0.717, 1.165) is 64.2 Å². The maximum absolute atomic E-state index is 5.54. The number of fused-ring (bicyclic) bond motifs is 3. The van der Waals surface area contributed by atoms with E-state index in [1.807, 2.05) is 6.20 Å². The van der Waals surface area contributed by atoms with Gasteiger partial charge < -0.3 is 9.47 Å². The molecule has 1 aliphatic carbocycles. The average Bonchev–Trinajstić information content (AvgIpc) is 3.27. The number of imidazole rings is 1. The van der Waals surface area contributed by atoms with Crippen molar-refractivity contribution >= 4 is 11.2 Å². The Hall–Kier alpha value is -1.72. The molecule has 5 rings (SSSR count). The zero-order valence-electron chi connectivity index (χ0n) is 13.9. The molecule has 0 bridgehead atoms. The van der Waals surface area contributed by atoms with Crippen molar-refractivity contribution in [3.8, 4) is 0 Å². The number of ether oxygens (including phenoxy) is 2. The van der Waals surface area contributed by atoms with Gasteiger partial charge >= 0.3 is 0 Å². The highest BCUT2D eigenvalue weighted by Gasteiger charge is 2.28. The van der Waals surface area contributed by atoms with Gasteiger partial charge in [-0.05, 0) is 37.2 Å². The van der Waals surface area contributed by atoms with Gasteiger partial charge in [0.1, 0.15) is 0 Å². The summed E-state index contributed by atoms with van der Waals surface area (Å²) in [4.78, 5) is 9.59. The van der Waals surface area contributed by atoms with Crippen molar-refractivity contribution in [2.75, 3.05) is 26.4 Å². The summed E-state index contributed by atoms with van der Waals surface area (Å²) in [5.41, 5.74) is 6.13. The van der Waals surface area contributed by atoms with Gasteiger partial charge in [0.2, 0.25) is 0 Å². The minimum Gasteiger partial charge on any atom is -0.381 e. The first-order valence-electron chi connectivity index (χ1n) is 9.13. The fourth-order valence-corrected chi connectivity index (χ4v) is 4.34. The van der Waals surface area contributed by atoms with Crippen LogP contribution in [0.4, 0.5) is 0 Å². The zero-order valence-corrected chi connectivity index (χ0v) is 13.9. The Kier molecular flexibility index (Phi) is 3.64. The summed E-state index contributed by atoms with van der Waals surface area (Å²) in [5, 5.41) is 0. The summed E-state index contributed by atoms with van der Waals surface area (Å²) in [7, 11) is 0. The van der Waals surface area contributed by atoms with Crippen LogP contribution in [0.2, 0.25) is 0 Å². The molecule has 0 radical (unpaired) electrons. The Morgan fingerprint density at radius 2 is 1.67 bits per heavy atom. The van der Waals surface area contributed by atoms with Gasteiger partial charge in [-0.2, -0.15) is 0 Å². The SMILES string of the molecule is C1=C(C2CCOCC2)c2c(ncc3nc(C4CCOCC4)cn23)C1. The number of hydrogen-bond donors (Lipinski definition) is 0. The summed E-state index contributed by atoms with van der Waals surface area (Å²) in [6, 6.07) is 0. The summed E-state index contributed by atoms with van der Waals surface area (Å²) in [6.45, 7) is 3.44. The van der Waals surface area contributed by atoms with Gasteiger partial charge in [0.05, 0.1) is 23.3 Å². The van der Waals surface area contributed by atoms with E-state index in [2.05, 4.69) is 16.7 Å². The van der Waals surface area contributed by atoms with Gasteiger partial charge in [-0.15, -0.1) is 0 Å². The van der Waals surface area contributed by atoms with Crippen molar-refractivity contribution in [2.45, 2.75) is 38.0 Å².